The number of sulfone groups is 1. The quantitative estimate of drug-likeness (QED) is 0.443. The van der Waals surface area contributed by atoms with Gasteiger partial charge in [-0.05, 0) is 48.0 Å². The summed E-state index contributed by atoms with van der Waals surface area (Å²) in [5, 5.41) is 9.67. The molecule has 0 atom stereocenters. The molecule has 0 radical (unpaired) electrons. The van der Waals surface area contributed by atoms with Crippen LogP contribution in [0.15, 0.2) is 76.5 Å². The number of halogens is 2. The van der Waals surface area contributed by atoms with Gasteiger partial charge in [0.25, 0.3) is 0 Å². The van der Waals surface area contributed by atoms with Gasteiger partial charge in [0, 0.05) is 5.56 Å². The topological polar surface area (TPSA) is 76.4 Å². The van der Waals surface area contributed by atoms with Crippen molar-refractivity contribution < 1.29 is 22.3 Å². The SMILES string of the molecule is COc1cc(/C=C(\C#N)S(=O)(=O)c2ccccc2)ccc1OCc1c(F)cccc1Cl. The van der Waals surface area contributed by atoms with Gasteiger partial charge >= 0.3 is 0 Å². The minimum atomic E-state index is -3.96. The first-order chi connectivity index (χ1) is 14.9. The summed E-state index contributed by atoms with van der Waals surface area (Å²) in [6.45, 7) is -0.122. The number of hydrogen-bond donors (Lipinski definition) is 0. The lowest BCUT2D eigenvalue weighted by molar-refractivity contribution is 0.280. The molecule has 0 amide bonds. The molecule has 0 unspecified atom stereocenters. The Morgan fingerprint density at radius 1 is 1.10 bits per heavy atom. The first-order valence-corrected chi connectivity index (χ1v) is 10.9. The molecule has 0 N–H and O–H groups in total. The monoisotopic (exact) mass is 457 g/mol. The Morgan fingerprint density at radius 3 is 2.48 bits per heavy atom. The van der Waals surface area contributed by atoms with Crippen LogP contribution < -0.4 is 9.47 Å². The molecule has 0 aliphatic heterocycles. The van der Waals surface area contributed by atoms with Crippen LogP contribution in [0.1, 0.15) is 11.1 Å². The molecular formula is C23H17ClFNO4S. The van der Waals surface area contributed by atoms with Gasteiger partial charge in [0.05, 0.1) is 17.0 Å². The molecule has 0 aliphatic rings. The minimum Gasteiger partial charge on any atom is -0.493 e. The molecule has 5 nitrogen and oxygen atoms in total. The number of rotatable bonds is 7. The summed E-state index contributed by atoms with van der Waals surface area (Å²) in [7, 11) is -2.55. The summed E-state index contributed by atoms with van der Waals surface area (Å²) < 4.78 is 50.3. The van der Waals surface area contributed by atoms with Crippen molar-refractivity contribution in [2.75, 3.05) is 7.11 Å². The number of nitrogens with zero attached hydrogens (tertiary/aromatic N) is 1. The standard InChI is InChI=1S/C23H17ClFNO4S/c1-29-23-13-16(12-18(14-26)31(27,28)17-6-3-2-4-7-17)10-11-22(23)30-15-19-20(24)8-5-9-21(19)25/h2-13H,15H2,1H3/b18-12+. The Kier molecular flexibility index (Phi) is 6.95. The van der Waals surface area contributed by atoms with E-state index in [0.717, 1.165) is 0 Å². The predicted octanol–water partition coefficient (Wildman–Crippen LogP) is 5.41. The Labute approximate surface area is 184 Å². The van der Waals surface area contributed by atoms with E-state index in [4.69, 9.17) is 21.1 Å². The van der Waals surface area contributed by atoms with E-state index in [0.29, 0.717) is 11.3 Å². The zero-order valence-electron chi connectivity index (χ0n) is 16.4. The second-order valence-corrected chi connectivity index (χ2v) is 8.66. The Morgan fingerprint density at radius 2 is 1.84 bits per heavy atom. The third kappa shape index (κ3) is 5.05. The average molecular weight is 458 g/mol. The highest BCUT2D eigenvalue weighted by molar-refractivity contribution is 7.95. The lowest BCUT2D eigenvalue weighted by atomic mass is 10.2. The highest BCUT2D eigenvalue weighted by Gasteiger charge is 2.20. The number of benzene rings is 3. The third-order valence-electron chi connectivity index (χ3n) is 4.37. The van der Waals surface area contributed by atoms with Crippen LogP contribution in [-0.4, -0.2) is 15.5 Å². The predicted molar refractivity (Wildman–Crippen MR) is 116 cm³/mol. The second kappa shape index (κ2) is 9.65. The molecule has 0 aliphatic carbocycles. The van der Waals surface area contributed by atoms with Gasteiger partial charge in [-0.1, -0.05) is 41.9 Å². The first kappa shape index (κ1) is 22.3. The molecule has 8 heteroatoms. The molecule has 0 saturated heterocycles. The molecule has 0 aromatic heterocycles. The number of nitriles is 1. The van der Waals surface area contributed by atoms with Crippen LogP contribution in [0.25, 0.3) is 6.08 Å². The van der Waals surface area contributed by atoms with E-state index < -0.39 is 20.6 Å². The largest absolute Gasteiger partial charge is 0.493 e. The Bertz CT molecular complexity index is 1250. The number of hydrogen-bond acceptors (Lipinski definition) is 5. The van der Waals surface area contributed by atoms with E-state index >= 15 is 0 Å². The zero-order valence-corrected chi connectivity index (χ0v) is 18.0. The molecule has 3 aromatic rings. The van der Waals surface area contributed by atoms with E-state index in [2.05, 4.69) is 0 Å². The normalized spacial score (nSPS) is 11.6. The lowest BCUT2D eigenvalue weighted by Gasteiger charge is -2.13. The molecule has 3 rings (SSSR count). The van der Waals surface area contributed by atoms with Crippen molar-refractivity contribution in [2.24, 2.45) is 0 Å². The van der Waals surface area contributed by atoms with Gasteiger partial charge in [-0.15, -0.1) is 0 Å². The van der Waals surface area contributed by atoms with Crippen molar-refractivity contribution >= 4 is 27.5 Å². The van der Waals surface area contributed by atoms with Crippen LogP contribution in [0, 0.1) is 17.1 Å². The van der Waals surface area contributed by atoms with Crippen molar-refractivity contribution in [1.29, 1.82) is 5.26 Å². The summed E-state index contributed by atoms with van der Waals surface area (Å²) in [5.41, 5.74) is 0.625. The summed E-state index contributed by atoms with van der Waals surface area (Å²) >= 11 is 6.01. The van der Waals surface area contributed by atoms with Gasteiger partial charge in [-0.2, -0.15) is 5.26 Å². The smallest absolute Gasteiger partial charge is 0.216 e. The molecule has 31 heavy (non-hydrogen) atoms. The maximum atomic E-state index is 13.9. The van der Waals surface area contributed by atoms with E-state index in [1.165, 1.54) is 43.5 Å². The summed E-state index contributed by atoms with van der Waals surface area (Å²) in [6.07, 6.45) is 1.25. The van der Waals surface area contributed by atoms with Crippen LogP contribution in [0.5, 0.6) is 11.5 Å². The maximum Gasteiger partial charge on any atom is 0.216 e. The molecule has 3 aromatic carbocycles. The van der Waals surface area contributed by atoms with Crippen LogP contribution in [0.3, 0.4) is 0 Å². The fourth-order valence-corrected chi connectivity index (χ4v) is 4.16. The molecule has 0 bridgehead atoms. The van der Waals surface area contributed by atoms with Crippen LogP contribution in [0.4, 0.5) is 4.39 Å². The molecule has 0 spiro atoms. The Hall–Kier alpha value is -3.34. The van der Waals surface area contributed by atoms with Gasteiger partial charge in [0.15, 0.2) is 11.5 Å². The van der Waals surface area contributed by atoms with E-state index in [1.807, 2.05) is 0 Å². The van der Waals surface area contributed by atoms with E-state index in [1.54, 1.807) is 42.5 Å². The van der Waals surface area contributed by atoms with Crippen molar-refractivity contribution in [3.05, 3.63) is 93.6 Å². The van der Waals surface area contributed by atoms with Gasteiger partial charge in [0.2, 0.25) is 9.84 Å². The fraction of sp³-hybridized carbons (Fsp3) is 0.0870. The molecule has 0 heterocycles. The van der Waals surface area contributed by atoms with Crippen LogP contribution >= 0.6 is 11.6 Å². The number of ether oxygens (including phenoxy) is 2. The summed E-state index contributed by atoms with van der Waals surface area (Å²) in [4.78, 5) is -0.385. The van der Waals surface area contributed by atoms with E-state index in [-0.39, 0.29) is 27.8 Å². The summed E-state index contributed by atoms with van der Waals surface area (Å²) in [6, 6.07) is 18.4. The van der Waals surface area contributed by atoms with Crippen LogP contribution in [-0.2, 0) is 16.4 Å². The van der Waals surface area contributed by atoms with Crippen molar-refractivity contribution in [3.8, 4) is 17.6 Å². The van der Waals surface area contributed by atoms with Gasteiger partial charge in [0.1, 0.15) is 23.4 Å². The van der Waals surface area contributed by atoms with Gasteiger partial charge in [-0.25, -0.2) is 12.8 Å². The first-order valence-electron chi connectivity index (χ1n) is 9.02. The minimum absolute atomic E-state index is 0.0245. The fourth-order valence-electron chi connectivity index (χ4n) is 2.76. The molecule has 158 valence electrons. The van der Waals surface area contributed by atoms with Crippen molar-refractivity contribution in [3.63, 3.8) is 0 Å². The molecule has 0 saturated carbocycles. The number of methoxy groups -OCH3 is 1. The second-order valence-electron chi connectivity index (χ2n) is 6.34. The average Bonchev–Trinajstić information content (AvgIpc) is 2.78. The molecule has 0 fully saturated rings. The maximum absolute atomic E-state index is 13.9. The lowest BCUT2D eigenvalue weighted by Crippen LogP contribution is -2.03. The molecular weight excluding hydrogens is 441 g/mol. The number of allylic oxidation sites excluding steroid dienone is 1. The van der Waals surface area contributed by atoms with E-state index in [9.17, 15) is 18.1 Å². The van der Waals surface area contributed by atoms with Crippen LogP contribution in [0.2, 0.25) is 5.02 Å². The van der Waals surface area contributed by atoms with Gasteiger partial charge in [-0.3, -0.25) is 0 Å². The summed E-state index contributed by atoms with van der Waals surface area (Å²) in [5.74, 6) is 0.106. The highest BCUT2D eigenvalue weighted by atomic mass is 35.5. The van der Waals surface area contributed by atoms with Crippen molar-refractivity contribution in [1.82, 2.24) is 0 Å². The van der Waals surface area contributed by atoms with Crippen molar-refractivity contribution in [2.45, 2.75) is 11.5 Å². The van der Waals surface area contributed by atoms with Gasteiger partial charge < -0.3 is 9.47 Å². The third-order valence-corrected chi connectivity index (χ3v) is 6.41. The highest BCUT2D eigenvalue weighted by Crippen LogP contribution is 2.31. The Balaban J connectivity index is 1.89. The zero-order chi connectivity index (χ0) is 22.4.